The third-order valence-corrected chi connectivity index (χ3v) is 3.97. The molecule has 2 bridgehead atoms. The van der Waals surface area contributed by atoms with Crippen LogP contribution in [0.25, 0.3) is 0 Å². The molecule has 0 aliphatic heterocycles. The van der Waals surface area contributed by atoms with E-state index in [2.05, 4.69) is 17.1 Å². The van der Waals surface area contributed by atoms with E-state index in [0.717, 1.165) is 24.3 Å². The van der Waals surface area contributed by atoms with Crippen molar-refractivity contribution in [1.29, 1.82) is 0 Å². The Morgan fingerprint density at radius 1 is 1.50 bits per heavy atom. The standard InChI is InChI=1S/C13H21NO2/c1-9(13(15)16)7-14(2)8-12-6-10-3-4-11(12)5-10/h3-4,9-12H,5-8H2,1-2H3,(H,15,16). The van der Waals surface area contributed by atoms with Gasteiger partial charge >= 0.3 is 5.97 Å². The van der Waals surface area contributed by atoms with Crippen molar-refractivity contribution in [3.63, 3.8) is 0 Å². The Labute approximate surface area is 97.1 Å². The molecule has 16 heavy (non-hydrogen) atoms. The molecule has 0 radical (unpaired) electrons. The highest BCUT2D eigenvalue weighted by Gasteiger charge is 2.36. The summed E-state index contributed by atoms with van der Waals surface area (Å²) in [6.07, 6.45) is 7.33. The van der Waals surface area contributed by atoms with Crippen LogP contribution in [0.5, 0.6) is 0 Å². The quantitative estimate of drug-likeness (QED) is 0.723. The molecule has 90 valence electrons. The smallest absolute Gasteiger partial charge is 0.307 e. The van der Waals surface area contributed by atoms with Gasteiger partial charge in [0, 0.05) is 13.1 Å². The van der Waals surface area contributed by atoms with Crippen LogP contribution in [0.3, 0.4) is 0 Å². The first kappa shape index (κ1) is 11.6. The predicted octanol–water partition coefficient (Wildman–Crippen LogP) is 1.85. The fraction of sp³-hybridized carbons (Fsp3) is 0.769. The second kappa shape index (κ2) is 4.58. The van der Waals surface area contributed by atoms with E-state index in [1.54, 1.807) is 6.92 Å². The lowest BCUT2D eigenvalue weighted by molar-refractivity contribution is -0.141. The fourth-order valence-corrected chi connectivity index (χ4v) is 3.13. The summed E-state index contributed by atoms with van der Waals surface area (Å²) < 4.78 is 0. The van der Waals surface area contributed by atoms with Gasteiger partial charge in [-0.15, -0.1) is 0 Å². The summed E-state index contributed by atoms with van der Waals surface area (Å²) >= 11 is 0. The second-order valence-corrected chi connectivity index (χ2v) is 5.50. The molecular weight excluding hydrogens is 202 g/mol. The number of carboxylic acid groups (broad SMARTS) is 1. The Kier molecular flexibility index (Phi) is 3.33. The maximum Gasteiger partial charge on any atom is 0.307 e. The highest BCUT2D eigenvalue weighted by molar-refractivity contribution is 5.69. The number of fused-ring (bicyclic) bond motifs is 2. The van der Waals surface area contributed by atoms with Gasteiger partial charge in [-0.05, 0) is 37.6 Å². The van der Waals surface area contributed by atoms with Crippen molar-refractivity contribution in [2.24, 2.45) is 23.7 Å². The van der Waals surface area contributed by atoms with Gasteiger partial charge in [0.1, 0.15) is 0 Å². The SMILES string of the molecule is CC(CN(C)CC1CC2C=CC1C2)C(=O)O. The lowest BCUT2D eigenvalue weighted by atomic mass is 9.93. The minimum Gasteiger partial charge on any atom is -0.481 e. The maximum absolute atomic E-state index is 10.8. The summed E-state index contributed by atoms with van der Waals surface area (Å²) in [6, 6.07) is 0. The number of carbonyl (C=O) groups is 1. The Bertz CT molecular complexity index is 300. The zero-order valence-corrected chi connectivity index (χ0v) is 10.1. The molecule has 3 nitrogen and oxygen atoms in total. The highest BCUT2D eigenvalue weighted by Crippen LogP contribution is 2.43. The van der Waals surface area contributed by atoms with Gasteiger partial charge < -0.3 is 10.0 Å². The van der Waals surface area contributed by atoms with Crippen molar-refractivity contribution in [3.8, 4) is 0 Å². The summed E-state index contributed by atoms with van der Waals surface area (Å²) in [7, 11) is 2.04. The van der Waals surface area contributed by atoms with E-state index >= 15 is 0 Å². The van der Waals surface area contributed by atoms with E-state index in [4.69, 9.17) is 5.11 Å². The molecule has 3 heteroatoms. The van der Waals surface area contributed by atoms with Crippen molar-refractivity contribution in [3.05, 3.63) is 12.2 Å². The normalized spacial score (nSPS) is 33.6. The molecule has 1 N–H and O–H groups in total. The Hall–Kier alpha value is -0.830. The number of allylic oxidation sites excluding steroid dienone is 2. The number of nitrogens with zero attached hydrogens (tertiary/aromatic N) is 1. The lowest BCUT2D eigenvalue weighted by Crippen LogP contribution is -2.33. The van der Waals surface area contributed by atoms with E-state index in [0.29, 0.717) is 6.54 Å². The molecule has 0 amide bonds. The van der Waals surface area contributed by atoms with Crippen molar-refractivity contribution in [2.75, 3.05) is 20.1 Å². The first-order valence-corrected chi connectivity index (χ1v) is 6.16. The van der Waals surface area contributed by atoms with Crippen LogP contribution in [0.2, 0.25) is 0 Å². The van der Waals surface area contributed by atoms with Gasteiger partial charge in [-0.1, -0.05) is 19.1 Å². The molecule has 4 unspecified atom stereocenters. The molecule has 2 aliphatic rings. The summed E-state index contributed by atoms with van der Waals surface area (Å²) in [5.41, 5.74) is 0. The largest absolute Gasteiger partial charge is 0.481 e. The van der Waals surface area contributed by atoms with Crippen molar-refractivity contribution < 1.29 is 9.90 Å². The molecule has 2 rings (SSSR count). The van der Waals surface area contributed by atoms with Crippen LogP contribution in [0.15, 0.2) is 12.2 Å². The molecule has 1 saturated carbocycles. The molecule has 0 aromatic carbocycles. The Balaban J connectivity index is 1.77. The van der Waals surface area contributed by atoms with Gasteiger partial charge in [0.05, 0.1) is 5.92 Å². The first-order valence-electron chi connectivity index (χ1n) is 6.16. The monoisotopic (exact) mass is 223 g/mol. The van der Waals surface area contributed by atoms with E-state index in [-0.39, 0.29) is 5.92 Å². The van der Waals surface area contributed by atoms with Crippen LogP contribution in [0.1, 0.15) is 19.8 Å². The molecule has 0 heterocycles. The van der Waals surface area contributed by atoms with Crippen molar-refractivity contribution in [1.82, 2.24) is 4.90 Å². The number of carboxylic acids is 1. The van der Waals surface area contributed by atoms with Crippen LogP contribution in [-0.2, 0) is 4.79 Å². The van der Waals surface area contributed by atoms with E-state index < -0.39 is 5.97 Å². The number of rotatable bonds is 5. The molecule has 0 saturated heterocycles. The van der Waals surface area contributed by atoms with Crippen molar-refractivity contribution in [2.45, 2.75) is 19.8 Å². The average molecular weight is 223 g/mol. The van der Waals surface area contributed by atoms with E-state index in [9.17, 15) is 4.79 Å². The molecule has 0 aromatic heterocycles. The fourth-order valence-electron chi connectivity index (χ4n) is 3.13. The second-order valence-electron chi connectivity index (χ2n) is 5.50. The van der Waals surface area contributed by atoms with Crippen LogP contribution in [0, 0.1) is 23.7 Å². The topological polar surface area (TPSA) is 40.5 Å². The molecule has 2 aliphatic carbocycles. The molecule has 1 fully saturated rings. The first-order chi connectivity index (χ1) is 7.56. The van der Waals surface area contributed by atoms with Gasteiger partial charge in [0.2, 0.25) is 0 Å². The Morgan fingerprint density at radius 3 is 2.75 bits per heavy atom. The molecule has 0 aromatic rings. The number of aliphatic carboxylic acids is 1. The number of hydrogen-bond acceptors (Lipinski definition) is 2. The maximum atomic E-state index is 10.8. The van der Waals surface area contributed by atoms with Crippen LogP contribution < -0.4 is 0 Å². The summed E-state index contributed by atoms with van der Waals surface area (Å²) in [5.74, 6) is 1.35. The molecule has 4 atom stereocenters. The highest BCUT2D eigenvalue weighted by atomic mass is 16.4. The molecular formula is C13H21NO2. The predicted molar refractivity (Wildman–Crippen MR) is 63.1 cm³/mol. The van der Waals surface area contributed by atoms with Gasteiger partial charge in [-0.3, -0.25) is 4.79 Å². The lowest BCUT2D eigenvalue weighted by Gasteiger charge is -2.26. The third kappa shape index (κ3) is 2.46. The van der Waals surface area contributed by atoms with Gasteiger partial charge in [-0.2, -0.15) is 0 Å². The number of hydrogen-bond donors (Lipinski definition) is 1. The summed E-state index contributed by atoms with van der Waals surface area (Å²) in [5, 5.41) is 8.86. The van der Waals surface area contributed by atoms with E-state index in [1.807, 2.05) is 7.05 Å². The zero-order chi connectivity index (χ0) is 11.7. The minimum atomic E-state index is -0.695. The van der Waals surface area contributed by atoms with Crippen LogP contribution in [0.4, 0.5) is 0 Å². The van der Waals surface area contributed by atoms with Crippen LogP contribution >= 0.6 is 0 Å². The van der Waals surface area contributed by atoms with E-state index in [1.165, 1.54) is 12.8 Å². The summed E-state index contributed by atoms with van der Waals surface area (Å²) in [6.45, 7) is 3.48. The summed E-state index contributed by atoms with van der Waals surface area (Å²) in [4.78, 5) is 12.9. The third-order valence-electron chi connectivity index (χ3n) is 3.97. The minimum absolute atomic E-state index is 0.265. The van der Waals surface area contributed by atoms with Crippen LogP contribution in [-0.4, -0.2) is 36.1 Å². The Morgan fingerprint density at radius 2 is 2.25 bits per heavy atom. The van der Waals surface area contributed by atoms with Gasteiger partial charge in [-0.25, -0.2) is 0 Å². The van der Waals surface area contributed by atoms with Gasteiger partial charge in [0.15, 0.2) is 0 Å². The van der Waals surface area contributed by atoms with Gasteiger partial charge in [0.25, 0.3) is 0 Å². The van der Waals surface area contributed by atoms with Crippen molar-refractivity contribution >= 4 is 5.97 Å². The zero-order valence-electron chi connectivity index (χ0n) is 10.1. The average Bonchev–Trinajstić information content (AvgIpc) is 2.78. The molecule has 0 spiro atoms.